The summed E-state index contributed by atoms with van der Waals surface area (Å²) >= 11 is 0. The first-order valence-corrected chi connectivity index (χ1v) is 8.95. The zero-order valence-electron chi connectivity index (χ0n) is 16.0. The zero-order chi connectivity index (χ0) is 20.2. The number of pyridine rings is 1. The number of benzene rings is 1. The molecule has 0 unspecified atom stereocenters. The van der Waals surface area contributed by atoms with E-state index < -0.39 is 0 Å². The fraction of sp³-hybridized carbons (Fsp3) is 0.143. The minimum atomic E-state index is -0.212. The number of hydrogen-bond acceptors (Lipinski definition) is 6. The molecule has 0 atom stereocenters. The molecule has 0 fully saturated rings. The summed E-state index contributed by atoms with van der Waals surface area (Å²) in [6.45, 7) is 0.329. The van der Waals surface area contributed by atoms with E-state index in [-0.39, 0.29) is 5.91 Å². The highest BCUT2D eigenvalue weighted by Gasteiger charge is 2.20. The van der Waals surface area contributed by atoms with E-state index in [1.165, 1.54) is 6.26 Å². The quantitative estimate of drug-likeness (QED) is 0.503. The normalized spacial score (nSPS) is 10.7. The Morgan fingerprint density at radius 3 is 2.55 bits per heavy atom. The molecule has 0 aliphatic carbocycles. The number of rotatable bonds is 6. The van der Waals surface area contributed by atoms with E-state index in [0.29, 0.717) is 17.9 Å². The number of aromatic nitrogens is 4. The van der Waals surface area contributed by atoms with Crippen LogP contribution in [-0.2, 0) is 6.54 Å². The van der Waals surface area contributed by atoms with Crippen LogP contribution in [0.2, 0.25) is 0 Å². The number of amides is 1. The van der Waals surface area contributed by atoms with Crippen LogP contribution in [0, 0.1) is 0 Å². The summed E-state index contributed by atoms with van der Waals surface area (Å²) in [7, 11) is 3.32. The van der Waals surface area contributed by atoms with Gasteiger partial charge in [-0.25, -0.2) is 4.68 Å². The van der Waals surface area contributed by atoms with Crippen LogP contribution in [0.15, 0.2) is 71.7 Å². The first-order valence-electron chi connectivity index (χ1n) is 8.95. The standard InChI is InChI=1S/C21H19N5O3/c1-25(14-16-9-12-29-24-16)21(27)19-13-20(15-7-10-22-11-8-15)26(23-19)17-3-5-18(28-2)6-4-17/h3-13H,14H2,1-2H3. The summed E-state index contributed by atoms with van der Waals surface area (Å²) in [5.74, 6) is 0.533. The third-order valence-electron chi connectivity index (χ3n) is 4.46. The van der Waals surface area contributed by atoms with Gasteiger partial charge in [-0.05, 0) is 42.5 Å². The molecule has 0 radical (unpaired) electrons. The van der Waals surface area contributed by atoms with Gasteiger partial charge in [0.1, 0.15) is 17.7 Å². The number of methoxy groups -OCH3 is 1. The fourth-order valence-corrected chi connectivity index (χ4v) is 2.96. The van der Waals surface area contributed by atoms with Crippen LogP contribution < -0.4 is 4.74 Å². The van der Waals surface area contributed by atoms with Crippen LogP contribution in [0.25, 0.3) is 16.9 Å². The zero-order valence-corrected chi connectivity index (χ0v) is 16.0. The van der Waals surface area contributed by atoms with Crippen molar-refractivity contribution in [3.05, 3.63) is 78.6 Å². The van der Waals surface area contributed by atoms with Gasteiger partial charge < -0.3 is 14.2 Å². The Hall–Kier alpha value is -3.94. The van der Waals surface area contributed by atoms with E-state index in [2.05, 4.69) is 15.2 Å². The molecule has 8 heteroatoms. The van der Waals surface area contributed by atoms with Crippen LogP contribution >= 0.6 is 0 Å². The monoisotopic (exact) mass is 389 g/mol. The van der Waals surface area contributed by atoms with E-state index in [1.807, 2.05) is 36.4 Å². The molecule has 0 aliphatic rings. The molecule has 0 saturated heterocycles. The van der Waals surface area contributed by atoms with Gasteiger partial charge in [-0.2, -0.15) is 5.10 Å². The summed E-state index contributed by atoms with van der Waals surface area (Å²) in [5, 5.41) is 8.44. The minimum Gasteiger partial charge on any atom is -0.497 e. The maximum absolute atomic E-state index is 13.0. The second-order valence-corrected chi connectivity index (χ2v) is 6.41. The van der Waals surface area contributed by atoms with Crippen molar-refractivity contribution < 1.29 is 14.1 Å². The van der Waals surface area contributed by atoms with Gasteiger partial charge in [-0.1, -0.05) is 5.16 Å². The maximum Gasteiger partial charge on any atom is 0.274 e. The summed E-state index contributed by atoms with van der Waals surface area (Å²) in [5.41, 5.74) is 3.51. The molecule has 146 valence electrons. The van der Waals surface area contributed by atoms with Gasteiger partial charge in [-0.15, -0.1) is 0 Å². The molecule has 1 amide bonds. The lowest BCUT2D eigenvalue weighted by atomic mass is 10.1. The molecule has 0 bridgehead atoms. The van der Waals surface area contributed by atoms with E-state index in [9.17, 15) is 4.79 Å². The van der Waals surface area contributed by atoms with Crippen molar-refractivity contribution in [1.29, 1.82) is 0 Å². The Bertz CT molecular complexity index is 1090. The molecule has 29 heavy (non-hydrogen) atoms. The summed E-state index contributed by atoms with van der Waals surface area (Å²) in [4.78, 5) is 18.6. The van der Waals surface area contributed by atoms with Crippen LogP contribution in [0.1, 0.15) is 16.2 Å². The third-order valence-corrected chi connectivity index (χ3v) is 4.46. The van der Waals surface area contributed by atoms with Crippen molar-refractivity contribution >= 4 is 5.91 Å². The molecule has 3 heterocycles. The highest BCUT2D eigenvalue weighted by molar-refractivity contribution is 5.93. The SMILES string of the molecule is COc1ccc(-n2nc(C(=O)N(C)Cc3ccon3)cc2-c2ccncc2)cc1. The Labute approximate surface area is 167 Å². The van der Waals surface area contributed by atoms with Crippen LogP contribution in [-0.4, -0.2) is 44.9 Å². The predicted molar refractivity (Wildman–Crippen MR) is 106 cm³/mol. The summed E-state index contributed by atoms with van der Waals surface area (Å²) in [6.07, 6.45) is 4.89. The van der Waals surface area contributed by atoms with Crippen molar-refractivity contribution in [2.24, 2.45) is 0 Å². The molecule has 0 saturated carbocycles. The Morgan fingerprint density at radius 1 is 1.14 bits per heavy atom. The molecule has 4 rings (SSSR count). The van der Waals surface area contributed by atoms with Crippen LogP contribution in [0.4, 0.5) is 0 Å². The Balaban J connectivity index is 1.71. The molecule has 0 aliphatic heterocycles. The van der Waals surface area contributed by atoms with Crippen LogP contribution in [0.3, 0.4) is 0 Å². The van der Waals surface area contributed by atoms with E-state index in [1.54, 1.807) is 48.3 Å². The van der Waals surface area contributed by atoms with Crippen molar-refractivity contribution in [2.45, 2.75) is 6.54 Å². The maximum atomic E-state index is 13.0. The molecular formula is C21H19N5O3. The van der Waals surface area contributed by atoms with Crippen molar-refractivity contribution in [3.63, 3.8) is 0 Å². The molecule has 0 spiro atoms. The molecule has 4 aromatic rings. The van der Waals surface area contributed by atoms with Gasteiger partial charge in [0.05, 0.1) is 25.0 Å². The molecular weight excluding hydrogens is 370 g/mol. The topological polar surface area (TPSA) is 86.3 Å². The molecule has 1 aromatic carbocycles. The average Bonchev–Trinajstić information content (AvgIpc) is 3.44. The molecule has 0 N–H and O–H groups in total. The highest BCUT2D eigenvalue weighted by atomic mass is 16.5. The van der Waals surface area contributed by atoms with Gasteiger partial charge in [0, 0.05) is 31.1 Å². The first-order chi connectivity index (χ1) is 14.2. The average molecular weight is 389 g/mol. The lowest BCUT2D eigenvalue weighted by molar-refractivity contribution is 0.0776. The van der Waals surface area contributed by atoms with Gasteiger partial charge >= 0.3 is 0 Å². The lowest BCUT2D eigenvalue weighted by Gasteiger charge is -2.13. The predicted octanol–water partition coefficient (Wildman–Crippen LogP) is 3.20. The van der Waals surface area contributed by atoms with Crippen LogP contribution in [0.5, 0.6) is 5.75 Å². The van der Waals surface area contributed by atoms with E-state index in [0.717, 1.165) is 22.7 Å². The van der Waals surface area contributed by atoms with Gasteiger partial charge in [0.15, 0.2) is 5.69 Å². The van der Waals surface area contributed by atoms with E-state index in [4.69, 9.17) is 9.26 Å². The summed E-state index contributed by atoms with van der Waals surface area (Å²) < 4.78 is 11.8. The van der Waals surface area contributed by atoms with Crippen molar-refractivity contribution in [3.8, 4) is 22.7 Å². The third kappa shape index (κ3) is 3.86. The number of carbonyl (C=O) groups excluding carboxylic acids is 1. The number of carbonyl (C=O) groups is 1. The Morgan fingerprint density at radius 2 is 1.90 bits per heavy atom. The van der Waals surface area contributed by atoms with Gasteiger partial charge in [0.2, 0.25) is 0 Å². The second-order valence-electron chi connectivity index (χ2n) is 6.41. The smallest absolute Gasteiger partial charge is 0.274 e. The van der Waals surface area contributed by atoms with Gasteiger partial charge in [-0.3, -0.25) is 9.78 Å². The lowest BCUT2D eigenvalue weighted by Crippen LogP contribution is -2.26. The Kier molecular flexibility index (Phi) is 5.07. The number of ether oxygens (including phenoxy) is 1. The number of nitrogens with zero attached hydrogens (tertiary/aromatic N) is 5. The molecule has 3 aromatic heterocycles. The fourth-order valence-electron chi connectivity index (χ4n) is 2.96. The van der Waals surface area contributed by atoms with Crippen molar-refractivity contribution in [1.82, 2.24) is 24.8 Å². The number of hydrogen-bond donors (Lipinski definition) is 0. The van der Waals surface area contributed by atoms with Crippen molar-refractivity contribution in [2.75, 3.05) is 14.2 Å². The highest BCUT2D eigenvalue weighted by Crippen LogP contribution is 2.25. The largest absolute Gasteiger partial charge is 0.497 e. The van der Waals surface area contributed by atoms with E-state index >= 15 is 0 Å². The molecule has 8 nitrogen and oxygen atoms in total. The van der Waals surface area contributed by atoms with Gasteiger partial charge in [0.25, 0.3) is 5.91 Å². The second kappa shape index (κ2) is 7.97. The summed E-state index contributed by atoms with van der Waals surface area (Å²) in [6, 6.07) is 14.8. The first kappa shape index (κ1) is 18.4. The minimum absolute atomic E-state index is 0.212.